The second-order valence-electron chi connectivity index (χ2n) is 12.6. The molecule has 0 aromatic heterocycles. The first-order valence-electron chi connectivity index (χ1n) is 13.0. The molecule has 4 aliphatic rings. The monoisotopic (exact) mass is 388 g/mol. The van der Waals surface area contributed by atoms with Crippen molar-refractivity contribution in [3.8, 4) is 0 Å². The molecule has 0 heterocycles. The predicted octanol–water partition coefficient (Wildman–Crippen LogP) is 7.47. The van der Waals surface area contributed by atoms with Gasteiger partial charge in [-0.2, -0.15) is 0 Å². The Labute approximate surface area is 175 Å². The highest BCUT2D eigenvalue weighted by molar-refractivity contribution is 5.11. The van der Waals surface area contributed by atoms with Gasteiger partial charge in [0, 0.05) is 0 Å². The van der Waals surface area contributed by atoms with Crippen molar-refractivity contribution in [1.82, 2.24) is 0 Å². The highest BCUT2D eigenvalue weighted by Crippen LogP contribution is 2.68. The Hall–Kier alpha value is -0.0400. The maximum atomic E-state index is 11.3. The van der Waals surface area contributed by atoms with Gasteiger partial charge >= 0.3 is 0 Å². The van der Waals surface area contributed by atoms with Gasteiger partial charge in [0.25, 0.3) is 0 Å². The second-order valence-corrected chi connectivity index (χ2v) is 12.6. The molecule has 162 valence electrons. The van der Waals surface area contributed by atoms with E-state index in [1.54, 1.807) is 0 Å². The van der Waals surface area contributed by atoms with Crippen molar-refractivity contribution in [2.75, 3.05) is 0 Å². The van der Waals surface area contributed by atoms with Gasteiger partial charge in [0.1, 0.15) is 0 Å². The summed E-state index contributed by atoms with van der Waals surface area (Å²) in [5, 5.41) is 11.3. The molecule has 1 nitrogen and oxygen atoms in total. The maximum absolute atomic E-state index is 11.3. The lowest BCUT2D eigenvalue weighted by Crippen LogP contribution is -2.57. The van der Waals surface area contributed by atoms with E-state index in [1.165, 1.54) is 70.6 Å². The van der Waals surface area contributed by atoms with Gasteiger partial charge < -0.3 is 5.11 Å². The van der Waals surface area contributed by atoms with Crippen LogP contribution >= 0.6 is 0 Å². The Morgan fingerprint density at radius 2 is 1.61 bits per heavy atom. The fourth-order valence-corrected chi connectivity index (χ4v) is 9.28. The fraction of sp³-hybridized carbons (Fsp3) is 1.00. The molecule has 1 N–H and O–H groups in total. The molecule has 0 spiro atoms. The third kappa shape index (κ3) is 3.40. The molecule has 4 fully saturated rings. The number of hydrogen-bond acceptors (Lipinski definition) is 1. The van der Waals surface area contributed by atoms with Gasteiger partial charge in [-0.1, -0.05) is 66.7 Å². The van der Waals surface area contributed by atoms with E-state index in [0.29, 0.717) is 16.7 Å². The molecular formula is C27H48O. The molecule has 1 heteroatoms. The van der Waals surface area contributed by atoms with Crippen molar-refractivity contribution in [1.29, 1.82) is 0 Å². The van der Waals surface area contributed by atoms with Crippen LogP contribution in [0.25, 0.3) is 0 Å². The summed E-state index contributed by atoms with van der Waals surface area (Å²) in [5.41, 5.74) is 1.03. The molecule has 0 radical (unpaired) electrons. The summed E-state index contributed by atoms with van der Waals surface area (Å²) >= 11 is 0. The molecule has 0 saturated heterocycles. The first kappa shape index (κ1) is 21.2. The number of aliphatic hydroxyl groups excluding tert-OH is 1. The third-order valence-electron chi connectivity index (χ3n) is 10.8. The Bertz CT molecular complexity index is 540. The Morgan fingerprint density at radius 3 is 2.36 bits per heavy atom. The lowest BCUT2D eigenvalue weighted by Gasteiger charge is -2.62. The van der Waals surface area contributed by atoms with E-state index in [2.05, 4.69) is 34.6 Å². The van der Waals surface area contributed by atoms with Crippen molar-refractivity contribution in [2.45, 2.75) is 118 Å². The quantitative estimate of drug-likeness (QED) is 0.518. The largest absolute Gasteiger partial charge is 0.393 e. The van der Waals surface area contributed by atoms with Gasteiger partial charge in [-0.25, -0.2) is 0 Å². The molecule has 0 aromatic rings. The molecule has 4 aliphatic carbocycles. The van der Waals surface area contributed by atoms with Crippen LogP contribution < -0.4 is 0 Å². The highest BCUT2D eigenvalue weighted by Gasteiger charge is 2.62. The zero-order valence-electron chi connectivity index (χ0n) is 19.6. The average molecular weight is 389 g/mol. The number of hydrogen-bond donors (Lipinski definition) is 1. The number of fused-ring (bicyclic) bond motifs is 5. The number of rotatable bonds is 5. The van der Waals surface area contributed by atoms with Gasteiger partial charge in [0.2, 0.25) is 0 Å². The van der Waals surface area contributed by atoms with Gasteiger partial charge in [-0.3, -0.25) is 0 Å². The van der Waals surface area contributed by atoms with Crippen LogP contribution in [-0.4, -0.2) is 11.2 Å². The van der Waals surface area contributed by atoms with Gasteiger partial charge in [-0.15, -0.1) is 0 Å². The third-order valence-corrected chi connectivity index (χ3v) is 10.8. The molecule has 9 atom stereocenters. The minimum atomic E-state index is -0.0132. The molecule has 4 rings (SSSR count). The summed E-state index contributed by atoms with van der Waals surface area (Å²) < 4.78 is 0. The molecule has 0 aliphatic heterocycles. The van der Waals surface area contributed by atoms with Crippen molar-refractivity contribution in [2.24, 2.45) is 52.3 Å². The molecule has 0 unspecified atom stereocenters. The fourth-order valence-electron chi connectivity index (χ4n) is 9.28. The Balaban J connectivity index is 1.50. The minimum absolute atomic E-state index is 0.0132. The van der Waals surface area contributed by atoms with Gasteiger partial charge in [0.15, 0.2) is 0 Å². The van der Waals surface area contributed by atoms with E-state index in [1.807, 2.05) is 0 Å². The van der Waals surface area contributed by atoms with Crippen molar-refractivity contribution >= 4 is 0 Å². The summed E-state index contributed by atoms with van der Waals surface area (Å²) in [6.45, 7) is 12.6. The summed E-state index contributed by atoms with van der Waals surface area (Å²) in [7, 11) is 0. The van der Waals surface area contributed by atoms with E-state index in [-0.39, 0.29) is 6.10 Å². The molecule has 0 aromatic carbocycles. The zero-order valence-corrected chi connectivity index (χ0v) is 19.6. The molecule has 28 heavy (non-hydrogen) atoms. The van der Waals surface area contributed by atoms with Crippen molar-refractivity contribution < 1.29 is 5.11 Å². The van der Waals surface area contributed by atoms with Crippen LogP contribution in [0.1, 0.15) is 112 Å². The number of aliphatic hydroxyl groups is 1. The topological polar surface area (TPSA) is 20.2 Å². The van der Waals surface area contributed by atoms with E-state index >= 15 is 0 Å². The van der Waals surface area contributed by atoms with Crippen LogP contribution in [0.5, 0.6) is 0 Å². The SMILES string of the molecule is CC(C)CCC[C@@H](C)[C@@H]1CC[C@@H]2[C@H]3[C@H](O)C[C@H]4CCCC[C@]4(C)[C@H]3CC[C@]21C. The lowest BCUT2D eigenvalue weighted by atomic mass is 9.44. The second kappa shape index (κ2) is 7.90. The Morgan fingerprint density at radius 1 is 0.857 bits per heavy atom. The Kier molecular flexibility index (Phi) is 5.98. The van der Waals surface area contributed by atoms with E-state index in [0.717, 1.165) is 41.9 Å². The average Bonchev–Trinajstić information content (AvgIpc) is 2.99. The van der Waals surface area contributed by atoms with Crippen LogP contribution in [-0.2, 0) is 0 Å². The first-order valence-corrected chi connectivity index (χ1v) is 13.0. The van der Waals surface area contributed by atoms with E-state index < -0.39 is 0 Å². The zero-order chi connectivity index (χ0) is 20.1. The molecule has 0 amide bonds. The van der Waals surface area contributed by atoms with Crippen molar-refractivity contribution in [3.63, 3.8) is 0 Å². The summed E-state index contributed by atoms with van der Waals surface area (Å²) in [4.78, 5) is 0. The van der Waals surface area contributed by atoms with Crippen LogP contribution in [0, 0.1) is 52.3 Å². The smallest absolute Gasteiger partial charge is 0.0577 e. The standard InChI is InChI=1S/C27H48O/c1-18(2)9-8-10-19(3)21-12-13-22-25-23(14-16-27(21,22)5)26(4)15-7-6-11-20(26)17-24(25)28/h18-25,28H,6-17H2,1-5H3/t19-,20-,21+,22-,23+,24-,25-,26+,27+/m1/s1. The van der Waals surface area contributed by atoms with Crippen LogP contribution in [0.15, 0.2) is 0 Å². The summed E-state index contributed by atoms with van der Waals surface area (Å²) in [6, 6.07) is 0. The van der Waals surface area contributed by atoms with Crippen LogP contribution in [0.4, 0.5) is 0 Å². The minimum Gasteiger partial charge on any atom is -0.393 e. The normalized spacial score (nSPS) is 49.4. The highest BCUT2D eigenvalue weighted by atomic mass is 16.3. The summed E-state index contributed by atoms with van der Waals surface area (Å²) in [6.07, 6.45) is 16.6. The van der Waals surface area contributed by atoms with Crippen LogP contribution in [0.2, 0.25) is 0 Å². The maximum Gasteiger partial charge on any atom is 0.0577 e. The molecule has 4 saturated carbocycles. The predicted molar refractivity (Wildman–Crippen MR) is 119 cm³/mol. The lowest BCUT2D eigenvalue weighted by molar-refractivity contribution is -0.164. The van der Waals surface area contributed by atoms with E-state index in [9.17, 15) is 5.11 Å². The van der Waals surface area contributed by atoms with Gasteiger partial charge in [-0.05, 0) is 97.2 Å². The molecular weight excluding hydrogens is 340 g/mol. The van der Waals surface area contributed by atoms with E-state index in [4.69, 9.17) is 0 Å². The molecule has 0 bridgehead atoms. The van der Waals surface area contributed by atoms with Crippen molar-refractivity contribution in [3.05, 3.63) is 0 Å². The summed E-state index contributed by atoms with van der Waals surface area (Å²) in [5.74, 6) is 5.60. The first-order chi connectivity index (χ1) is 13.3. The van der Waals surface area contributed by atoms with Crippen LogP contribution in [0.3, 0.4) is 0 Å². The van der Waals surface area contributed by atoms with Gasteiger partial charge in [0.05, 0.1) is 6.10 Å².